The van der Waals surface area contributed by atoms with Gasteiger partial charge in [0.15, 0.2) is 0 Å². The summed E-state index contributed by atoms with van der Waals surface area (Å²) < 4.78 is 0. The van der Waals surface area contributed by atoms with Crippen molar-refractivity contribution in [2.45, 2.75) is 32.7 Å². The summed E-state index contributed by atoms with van der Waals surface area (Å²) in [6.07, 6.45) is 0.607. The Balaban J connectivity index is 4.08. The number of nitrogens with one attached hydrogen (secondary N) is 1. The highest BCUT2D eigenvalue weighted by molar-refractivity contribution is 5.78. The number of carbonyl (C=O) groups is 1. The Bertz CT molecular complexity index is 125. The van der Waals surface area contributed by atoms with Crippen LogP contribution in [0.2, 0.25) is 0 Å². The normalized spacial score (nSPS) is 16.3. The molecule has 0 heterocycles. The second-order valence-electron chi connectivity index (χ2n) is 2.52. The zero-order valence-electron chi connectivity index (χ0n) is 6.77. The number of carboxylic acid groups (broad SMARTS) is 1. The van der Waals surface area contributed by atoms with E-state index in [1.807, 2.05) is 13.8 Å². The largest absolute Gasteiger partial charge is 0.480 e. The van der Waals surface area contributed by atoms with Gasteiger partial charge in [0, 0.05) is 0 Å². The van der Waals surface area contributed by atoms with E-state index in [-0.39, 0.29) is 0 Å². The van der Waals surface area contributed by atoms with E-state index in [0.29, 0.717) is 13.0 Å². The average Bonchev–Trinajstić information content (AvgIpc) is 1.88. The number of likely N-dealkylation sites (N-methyl/N-ethyl adjacent to an activating group) is 1. The van der Waals surface area contributed by atoms with Crippen LogP contribution in [0.3, 0.4) is 0 Å². The lowest BCUT2D eigenvalue weighted by atomic mass is 10.00. The quantitative estimate of drug-likeness (QED) is 0.616. The molecule has 2 N–H and O–H groups in total. The van der Waals surface area contributed by atoms with Crippen molar-refractivity contribution in [1.82, 2.24) is 5.32 Å². The van der Waals surface area contributed by atoms with Crippen LogP contribution in [0, 0.1) is 0 Å². The Morgan fingerprint density at radius 1 is 1.60 bits per heavy atom. The van der Waals surface area contributed by atoms with Crippen LogP contribution in [-0.2, 0) is 4.79 Å². The van der Waals surface area contributed by atoms with Crippen molar-refractivity contribution >= 4 is 5.97 Å². The van der Waals surface area contributed by atoms with Crippen molar-refractivity contribution in [3.05, 3.63) is 0 Å². The third kappa shape index (κ3) is 1.99. The van der Waals surface area contributed by atoms with Crippen molar-refractivity contribution in [3.63, 3.8) is 0 Å². The van der Waals surface area contributed by atoms with Crippen molar-refractivity contribution < 1.29 is 9.90 Å². The van der Waals surface area contributed by atoms with Gasteiger partial charge in [-0.15, -0.1) is 0 Å². The van der Waals surface area contributed by atoms with E-state index in [2.05, 4.69) is 5.32 Å². The zero-order chi connectivity index (χ0) is 8.20. The van der Waals surface area contributed by atoms with Gasteiger partial charge in [0.25, 0.3) is 0 Å². The summed E-state index contributed by atoms with van der Waals surface area (Å²) in [4.78, 5) is 10.6. The Morgan fingerprint density at radius 2 is 2.10 bits per heavy atom. The molecule has 0 aliphatic rings. The second-order valence-corrected chi connectivity index (χ2v) is 2.52. The zero-order valence-corrected chi connectivity index (χ0v) is 6.77. The Kier molecular flexibility index (Phi) is 3.36. The molecule has 3 nitrogen and oxygen atoms in total. The lowest BCUT2D eigenvalue weighted by Gasteiger charge is -2.23. The highest BCUT2D eigenvalue weighted by Gasteiger charge is 2.28. The summed E-state index contributed by atoms with van der Waals surface area (Å²) in [5, 5.41) is 11.6. The van der Waals surface area contributed by atoms with Gasteiger partial charge in [-0.1, -0.05) is 13.8 Å². The van der Waals surface area contributed by atoms with E-state index in [9.17, 15) is 4.79 Å². The number of aliphatic carboxylic acids is 1. The standard InChI is InChI=1S/C7H15NO2/c1-4-7(3,6(9)10)8-5-2/h8H,4-5H2,1-3H3,(H,9,10)/t7-/m0/s1. The van der Waals surface area contributed by atoms with Gasteiger partial charge >= 0.3 is 5.97 Å². The molecular formula is C7H15NO2. The fourth-order valence-corrected chi connectivity index (χ4v) is 0.742. The first-order chi connectivity index (χ1) is 4.56. The summed E-state index contributed by atoms with van der Waals surface area (Å²) in [5.74, 6) is -0.781. The first-order valence-corrected chi connectivity index (χ1v) is 3.55. The monoisotopic (exact) mass is 145 g/mol. The fourth-order valence-electron chi connectivity index (χ4n) is 0.742. The summed E-state index contributed by atoms with van der Waals surface area (Å²) in [5.41, 5.74) is -0.741. The maximum absolute atomic E-state index is 10.6. The highest BCUT2D eigenvalue weighted by Crippen LogP contribution is 2.07. The minimum absolute atomic E-state index is 0.607. The van der Waals surface area contributed by atoms with Crippen molar-refractivity contribution in [1.29, 1.82) is 0 Å². The average molecular weight is 145 g/mol. The minimum atomic E-state index is -0.781. The summed E-state index contributed by atoms with van der Waals surface area (Å²) in [7, 11) is 0. The third-order valence-electron chi connectivity index (χ3n) is 1.75. The maximum Gasteiger partial charge on any atom is 0.323 e. The molecule has 0 aromatic carbocycles. The molecule has 0 aromatic rings. The molecule has 0 bridgehead atoms. The third-order valence-corrected chi connectivity index (χ3v) is 1.75. The molecule has 0 radical (unpaired) electrons. The van der Waals surface area contributed by atoms with Crippen molar-refractivity contribution in [3.8, 4) is 0 Å². The van der Waals surface area contributed by atoms with Gasteiger partial charge in [-0.2, -0.15) is 0 Å². The SMILES string of the molecule is CCN[C@@](C)(CC)C(=O)O. The van der Waals surface area contributed by atoms with Crippen LogP contribution >= 0.6 is 0 Å². The van der Waals surface area contributed by atoms with E-state index in [0.717, 1.165) is 0 Å². The molecule has 0 rings (SSSR count). The molecule has 1 atom stereocenters. The lowest BCUT2D eigenvalue weighted by molar-refractivity contribution is -0.144. The second kappa shape index (κ2) is 3.56. The summed E-state index contributed by atoms with van der Waals surface area (Å²) in [6, 6.07) is 0. The summed E-state index contributed by atoms with van der Waals surface area (Å²) >= 11 is 0. The molecule has 10 heavy (non-hydrogen) atoms. The van der Waals surface area contributed by atoms with Crippen LogP contribution in [0.5, 0.6) is 0 Å². The Hall–Kier alpha value is -0.570. The molecule has 0 aliphatic heterocycles. The number of hydrogen-bond donors (Lipinski definition) is 2. The van der Waals surface area contributed by atoms with E-state index in [1.54, 1.807) is 6.92 Å². The van der Waals surface area contributed by atoms with Crippen LogP contribution < -0.4 is 5.32 Å². The molecule has 3 heteroatoms. The van der Waals surface area contributed by atoms with Crippen LogP contribution in [0.4, 0.5) is 0 Å². The van der Waals surface area contributed by atoms with Crippen LogP contribution in [0.1, 0.15) is 27.2 Å². The van der Waals surface area contributed by atoms with Crippen molar-refractivity contribution in [2.24, 2.45) is 0 Å². The van der Waals surface area contributed by atoms with Gasteiger partial charge in [-0.3, -0.25) is 4.79 Å². The molecular weight excluding hydrogens is 130 g/mol. The van der Waals surface area contributed by atoms with Crippen LogP contribution in [0.15, 0.2) is 0 Å². The molecule has 0 spiro atoms. The first-order valence-electron chi connectivity index (χ1n) is 3.55. The molecule has 0 unspecified atom stereocenters. The van der Waals surface area contributed by atoms with Gasteiger partial charge < -0.3 is 10.4 Å². The first kappa shape index (κ1) is 9.43. The molecule has 60 valence electrons. The smallest absolute Gasteiger partial charge is 0.323 e. The molecule has 0 saturated heterocycles. The van der Waals surface area contributed by atoms with E-state index in [1.165, 1.54) is 0 Å². The van der Waals surface area contributed by atoms with E-state index >= 15 is 0 Å². The fraction of sp³-hybridized carbons (Fsp3) is 0.857. The maximum atomic E-state index is 10.6. The molecule has 0 fully saturated rings. The topological polar surface area (TPSA) is 49.3 Å². The van der Waals surface area contributed by atoms with E-state index in [4.69, 9.17) is 5.11 Å². The van der Waals surface area contributed by atoms with Gasteiger partial charge in [0.1, 0.15) is 5.54 Å². The van der Waals surface area contributed by atoms with Gasteiger partial charge in [-0.05, 0) is 19.9 Å². The molecule has 0 aliphatic carbocycles. The Labute approximate surface area is 61.4 Å². The summed E-state index contributed by atoms with van der Waals surface area (Å²) in [6.45, 7) is 6.14. The van der Waals surface area contributed by atoms with Gasteiger partial charge in [-0.25, -0.2) is 0 Å². The highest BCUT2D eigenvalue weighted by atomic mass is 16.4. The minimum Gasteiger partial charge on any atom is -0.480 e. The predicted octanol–water partition coefficient (Wildman–Crippen LogP) is 0.849. The predicted molar refractivity (Wildman–Crippen MR) is 40.0 cm³/mol. The molecule has 0 aromatic heterocycles. The van der Waals surface area contributed by atoms with E-state index < -0.39 is 11.5 Å². The Morgan fingerprint density at radius 3 is 2.20 bits per heavy atom. The number of rotatable bonds is 4. The number of hydrogen-bond acceptors (Lipinski definition) is 2. The van der Waals surface area contributed by atoms with Gasteiger partial charge in [0.05, 0.1) is 0 Å². The van der Waals surface area contributed by atoms with Gasteiger partial charge in [0.2, 0.25) is 0 Å². The molecule has 0 amide bonds. The van der Waals surface area contributed by atoms with Crippen LogP contribution in [0.25, 0.3) is 0 Å². The lowest BCUT2D eigenvalue weighted by Crippen LogP contribution is -2.48. The number of carboxylic acids is 1. The molecule has 0 saturated carbocycles. The van der Waals surface area contributed by atoms with Crippen LogP contribution in [-0.4, -0.2) is 23.2 Å². The van der Waals surface area contributed by atoms with Crippen molar-refractivity contribution in [2.75, 3.05) is 6.54 Å².